The van der Waals surface area contributed by atoms with Crippen molar-refractivity contribution in [2.75, 3.05) is 26.7 Å². The first-order valence-electron chi connectivity index (χ1n) is 6.95. The van der Waals surface area contributed by atoms with E-state index in [0.29, 0.717) is 18.5 Å². The van der Waals surface area contributed by atoms with Gasteiger partial charge in [-0.15, -0.1) is 12.4 Å². The number of esters is 1. The third-order valence-corrected chi connectivity index (χ3v) is 4.23. The summed E-state index contributed by atoms with van der Waals surface area (Å²) >= 11 is 0. The molecule has 1 aliphatic rings. The van der Waals surface area contributed by atoms with Gasteiger partial charge in [-0.25, -0.2) is 0 Å². The molecule has 0 spiro atoms. The maximum absolute atomic E-state index is 11.7. The van der Waals surface area contributed by atoms with Gasteiger partial charge in [-0.2, -0.15) is 0 Å². The van der Waals surface area contributed by atoms with Gasteiger partial charge in [0.05, 0.1) is 12.5 Å². The second-order valence-corrected chi connectivity index (χ2v) is 6.08. The van der Waals surface area contributed by atoms with Gasteiger partial charge in [-0.3, -0.25) is 9.69 Å². The van der Waals surface area contributed by atoms with Gasteiger partial charge in [0.1, 0.15) is 0 Å². The van der Waals surface area contributed by atoms with Crippen LogP contribution in [0.25, 0.3) is 0 Å². The van der Waals surface area contributed by atoms with E-state index in [2.05, 4.69) is 11.8 Å². The normalized spacial score (nSPS) is 24.7. The lowest BCUT2D eigenvalue weighted by atomic mass is 9.86. The molecule has 0 aromatic heterocycles. The standard InChI is InChI=1S/C14H28N2O2.ClH/c1-11-6-5-8-16(12(11)10-15)9-7-14(2,3)13(17)18-4;/h11-12H,5-10,15H2,1-4H3;1H. The molecule has 2 unspecified atom stereocenters. The molecule has 0 radical (unpaired) electrons. The molecule has 0 aromatic rings. The lowest BCUT2D eigenvalue weighted by Crippen LogP contribution is -2.49. The zero-order valence-electron chi connectivity index (χ0n) is 12.6. The van der Waals surface area contributed by atoms with Crippen LogP contribution in [0.4, 0.5) is 0 Å². The van der Waals surface area contributed by atoms with Crippen molar-refractivity contribution >= 4 is 18.4 Å². The number of methoxy groups -OCH3 is 1. The summed E-state index contributed by atoms with van der Waals surface area (Å²) in [6.45, 7) is 8.90. The van der Waals surface area contributed by atoms with Crippen LogP contribution in [0.5, 0.6) is 0 Å². The van der Waals surface area contributed by atoms with E-state index in [-0.39, 0.29) is 18.4 Å². The molecule has 19 heavy (non-hydrogen) atoms. The smallest absolute Gasteiger partial charge is 0.311 e. The Morgan fingerprint density at radius 2 is 2.11 bits per heavy atom. The van der Waals surface area contributed by atoms with Crippen LogP contribution in [0.2, 0.25) is 0 Å². The Morgan fingerprint density at radius 1 is 1.47 bits per heavy atom. The number of likely N-dealkylation sites (tertiary alicyclic amines) is 1. The Balaban J connectivity index is 0.00000324. The summed E-state index contributed by atoms with van der Waals surface area (Å²) in [6.07, 6.45) is 3.32. The monoisotopic (exact) mass is 292 g/mol. The summed E-state index contributed by atoms with van der Waals surface area (Å²) in [6, 6.07) is 0.465. The molecular weight excluding hydrogens is 264 g/mol. The molecule has 1 fully saturated rings. The quantitative estimate of drug-likeness (QED) is 0.788. The fourth-order valence-corrected chi connectivity index (χ4v) is 2.79. The van der Waals surface area contributed by atoms with E-state index in [1.54, 1.807) is 0 Å². The third kappa shape index (κ3) is 4.93. The second kappa shape index (κ2) is 8.08. The zero-order chi connectivity index (χ0) is 13.8. The van der Waals surface area contributed by atoms with Crippen LogP contribution in [-0.2, 0) is 9.53 Å². The molecule has 1 aliphatic heterocycles. The van der Waals surface area contributed by atoms with Gasteiger partial charge in [0.15, 0.2) is 0 Å². The number of carbonyl (C=O) groups excluding carboxylic acids is 1. The predicted octanol–water partition coefficient (Wildman–Crippen LogP) is 2.06. The molecule has 1 heterocycles. The highest BCUT2D eigenvalue weighted by molar-refractivity contribution is 5.85. The molecule has 4 nitrogen and oxygen atoms in total. The van der Waals surface area contributed by atoms with Gasteiger partial charge in [-0.05, 0) is 52.1 Å². The average molecular weight is 293 g/mol. The summed E-state index contributed by atoms with van der Waals surface area (Å²) < 4.78 is 4.85. The number of ether oxygens (including phenoxy) is 1. The number of rotatable bonds is 5. The van der Waals surface area contributed by atoms with Crippen LogP contribution in [0.15, 0.2) is 0 Å². The van der Waals surface area contributed by atoms with E-state index in [4.69, 9.17) is 10.5 Å². The number of hydrogen-bond donors (Lipinski definition) is 1. The maximum atomic E-state index is 11.7. The van der Waals surface area contributed by atoms with E-state index < -0.39 is 5.41 Å². The van der Waals surface area contributed by atoms with E-state index in [0.717, 1.165) is 19.5 Å². The molecule has 0 saturated carbocycles. The summed E-state index contributed by atoms with van der Waals surface area (Å²) in [5.74, 6) is 0.529. The first kappa shape index (κ1) is 18.7. The molecule has 2 N–H and O–H groups in total. The van der Waals surface area contributed by atoms with Crippen LogP contribution in [0, 0.1) is 11.3 Å². The molecule has 1 saturated heterocycles. The predicted molar refractivity (Wildman–Crippen MR) is 80.5 cm³/mol. The number of hydrogen-bond acceptors (Lipinski definition) is 4. The number of piperidine rings is 1. The highest BCUT2D eigenvalue weighted by Crippen LogP contribution is 2.27. The van der Waals surface area contributed by atoms with Gasteiger partial charge in [-0.1, -0.05) is 6.92 Å². The van der Waals surface area contributed by atoms with Crippen LogP contribution >= 0.6 is 12.4 Å². The Morgan fingerprint density at radius 3 is 2.63 bits per heavy atom. The average Bonchev–Trinajstić information content (AvgIpc) is 2.35. The molecule has 0 amide bonds. The van der Waals surface area contributed by atoms with E-state index in [9.17, 15) is 4.79 Å². The summed E-state index contributed by atoms with van der Waals surface area (Å²) in [7, 11) is 1.45. The topological polar surface area (TPSA) is 55.6 Å². The highest BCUT2D eigenvalue weighted by Gasteiger charge is 2.32. The summed E-state index contributed by atoms with van der Waals surface area (Å²) in [4.78, 5) is 14.1. The molecule has 2 atom stereocenters. The molecule has 0 bridgehead atoms. The van der Waals surface area contributed by atoms with Gasteiger partial charge >= 0.3 is 5.97 Å². The number of halogens is 1. The van der Waals surface area contributed by atoms with Crippen molar-refractivity contribution in [2.45, 2.75) is 46.1 Å². The second-order valence-electron chi connectivity index (χ2n) is 6.08. The lowest BCUT2D eigenvalue weighted by Gasteiger charge is -2.40. The van der Waals surface area contributed by atoms with E-state index in [1.807, 2.05) is 13.8 Å². The van der Waals surface area contributed by atoms with Crippen LogP contribution in [0.1, 0.15) is 40.0 Å². The summed E-state index contributed by atoms with van der Waals surface area (Å²) in [5, 5.41) is 0. The molecule has 0 aromatic carbocycles. The van der Waals surface area contributed by atoms with Crippen molar-refractivity contribution in [3.63, 3.8) is 0 Å². The number of nitrogens with two attached hydrogens (primary N) is 1. The van der Waals surface area contributed by atoms with Crippen molar-refractivity contribution in [2.24, 2.45) is 17.1 Å². The van der Waals surface area contributed by atoms with Gasteiger partial charge in [0.25, 0.3) is 0 Å². The van der Waals surface area contributed by atoms with Crippen molar-refractivity contribution in [1.82, 2.24) is 4.90 Å². The van der Waals surface area contributed by atoms with Crippen molar-refractivity contribution in [3.05, 3.63) is 0 Å². The molecule has 5 heteroatoms. The molecular formula is C14H29ClN2O2. The number of carbonyl (C=O) groups is 1. The Bertz CT molecular complexity index is 285. The van der Waals surface area contributed by atoms with E-state index in [1.165, 1.54) is 20.0 Å². The Labute approximate surface area is 123 Å². The van der Waals surface area contributed by atoms with E-state index >= 15 is 0 Å². The molecule has 114 valence electrons. The zero-order valence-corrected chi connectivity index (χ0v) is 13.5. The van der Waals surface area contributed by atoms with Crippen LogP contribution < -0.4 is 5.73 Å². The number of nitrogens with zero attached hydrogens (tertiary/aromatic N) is 1. The first-order chi connectivity index (χ1) is 8.42. The Kier molecular flexibility index (Phi) is 7.94. The van der Waals surface area contributed by atoms with Gasteiger partial charge in [0, 0.05) is 12.6 Å². The maximum Gasteiger partial charge on any atom is 0.311 e. The Hall–Kier alpha value is -0.320. The fraction of sp³-hybridized carbons (Fsp3) is 0.929. The fourth-order valence-electron chi connectivity index (χ4n) is 2.79. The minimum Gasteiger partial charge on any atom is -0.469 e. The highest BCUT2D eigenvalue weighted by atomic mass is 35.5. The van der Waals surface area contributed by atoms with Gasteiger partial charge < -0.3 is 10.5 Å². The summed E-state index contributed by atoms with van der Waals surface area (Å²) in [5.41, 5.74) is 5.47. The third-order valence-electron chi connectivity index (χ3n) is 4.23. The van der Waals surface area contributed by atoms with Crippen LogP contribution in [-0.4, -0.2) is 43.7 Å². The van der Waals surface area contributed by atoms with Crippen molar-refractivity contribution < 1.29 is 9.53 Å². The minimum atomic E-state index is -0.408. The first-order valence-corrected chi connectivity index (χ1v) is 6.95. The van der Waals surface area contributed by atoms with Crippen LogP contribution in [0.3, 0.4) is 0 Å². The lowest BCUT2D eigenvalue weighted by molar-refractivity contribution is -0.151. The van der Waals surface area contributed by atoms with Gasteiger partial charge in [0.2, 0.25) is 0 Å². The minimum absolute atomic E-state index is 0. The SMILES string of the molecule is COC(=O)C(C)(C)CCN1CCCC(C)C1CN.Cl. The largest absolute Gasteiger partial charge is 0.469 e. The van der Waals surface area contributed by atoms with Crippen molar-refractivity contribution in [3.8, 4) is 0 Å². The molecule has 1 rings (SSSR count). The molecule has 0 aliphatic carbocycles. The van der Waals surface area contributed by atoms with Crippen molar-refractivity contribution in [1.29, 1.82) is 0 Å².